The molecule has 0 aromatic rings. The predicted octanol–water partition coefficient (Wildman–Crippen LogP) is 3.87. The van der Waals surface area contributed by atoms with Crippen LogP contribution in [0.3, 0.4) is 0 Å². The summed E-state index contributed by atoms with van der Waals surface area (Å²) in [5.74, 6) is 2.93. The van der Waals surface area contributed by atoms with Gasteiger partial charge in [-0.1, -0.05) is 27.2 Å². The van der Waals surface area contributed by atoms with Crippen LogP contribution in [0.1, 0.15) is 53.4 Å². The van der Waals surface area contributed by atoms with E-state index in [9.17, 15) is 0 Å². The Morgan fingerprint density at radius 1 is 1.20 bits per heavy atom. The average molecular weight is 210 g/mol. The van der Waals surface area contributed by atoms with Gasteiger partial charge < -0.3 is 4.74 Å². The van der Waals surface area contributed by atoms with Gasteiger partial charge in [-0.25, -0.2) is 0 Å². The molecule has 4 atom stereocenters. The fourth-order valence-corrected chi connectivity index (χ4v) is 3.10. The van der Waals surface area contributed by atoms with Gasteiger partial charge in [-0.15, -0.1) is 0 Å². The first-order valence-corrected chi connectivity index (χ1v) is 6.58. The molecule has 1 nitrogen and oxygen atoms in total. The highest BCUT2D eigenvalue weighted by atomic mass is 16.5. The van der Waals surface area contributed by atoms with Gasteiger partial charge in [0.05, 0.1) is 12.7 Å². The van der Waals surface area contributed by atoms with Crippen molar-refractivity contribution in [3.63, 3.8) is 0 Å². The summed E-state index contributed by atoms with van der Waals surface area (Å²) in [6, 6.07) is 0. The molecule has 2 aliphatic carbocycles. The monoisotopic (exact) mass is 210 g/mol. The summed E-state index contributed by atoms with van der Waals surface area (Å²) in [5, 5.41) is 0. The minimum absolute atomic E-state index is 0.289. The number of fused-ring (bicyclic) bond motifs is 2. The molecule has 88 valence electrons. The van der Waals surface area contributed by atoms with Crippen molar-refractivity contribution in [1.82, 2.24) is 0 Å². The third-order valence-electron chi connectivity index (χ3n) is 4.66. The van der Waals surface area contributed by atoms with Gasteiger partial charge >= 0.3 is 0 Å². The van der Waals surface area contributed by atoms with Crippen molar-refractivity contribution in [2.45, 2.75) is 59.5 Å². The van der Waals surface area contributed by atoms with E-state index in [1.807, 2.05) is 0 Å². The van der Waals surface area contributed by atoms with Crippen molar-refractivity contribution in [3.05, 3.63) is 0 Å². The van der Waals surface area contributed by atoms with E-state index in [2.05, 4.69) is 27.7 Å². The molecule has 0 aromatic heterocycles. The summed E-state index contributed by atoms with van der Waals surface area (Å²) in [4.78, 5) is 0. The Hall–Kier alpha value is -0.0400. The molecule has 2 rings (SSSR count). The minimum Gasteiger partial charge on any atom is -0.378 e. The van der Waals surface area contributed by atoms with E-state index in [0.29, 0.717) is 6.10 Å². The zero-order valence-corrected chi connectivity index (χ0v) is 10.8. The lowest BCUT2D eigenvalue weighted by Crippen LogP contribution is -2.29. The van der Waals surface area contributed by atoms with Crippen molar-refractivity contribution >= 4 is 0 Å². The van der Waals surface area contributed by atoms with Crippen LogP contribution >= 0.6 is 0 Å². The summed E-state index contributed by atoms with van der Waals surface area (Å²) in [6.45, 7) is 10.0. The summed E-state index contributed by atoms with van der Waals surface area (Å²) < 4.78 is 6.04. The lowest BCUT2D eigenvalue weighted by atomic mass is 9.88. The molecule has 2 bridgehead atoms. The van der Waals surface area contributed by atoms with Crippen LogP contribution in [0.15, 0.2) is 0 Å². The van der Waals surface area contributed by atoms with E-state index in [4.69, 9.17) is 4.74 Å². The Bertz CT molecular complexity index is 216. The van der Waals surface area contributed by atoms with Crippen LogP contribution in [-0.4, -0.2) is 12.7 Å². The Kier molecular flexibility index (Phi) is 3.12. The molecule has 0 spiro atoms. The molecule has 1 heteroatoms. The van der Waals surface area contributed by atoms with Crippen LogP contribution in [0, 0.1) is 23.2 Å². The van der Waals surface area contributed by atoms with Gasteiger partial charge in [0.25, 0.3) is 0 Å². The van der Waals surface area contributed by atoms with Crippen LogP contribution in [-0.2, 0) is 4.74 Å². The third kappa shape index (κ3) is 2.55. The van der Waals surface area contributed by atoms with Crippen molar-refractivity contribution in [2.24, 2.45) is 23.2 Å². The number of rotatable bonds is 3. The summed E-state index contributed by atoms with van der Waals surface area (Å²) in [5.41, 5.74) is 0.289. The maximum absolute atomic E-state index is 6.04. The number of ether oxygens (including phenoxy) is 1. The molecule has 0 aliphatic heterocycles. The van der Waals surface area contributed by atoms with Crippen LogP contribution in [0.2, 0.25) is 0 Å². The van der Waals surface area contributed by atoms with Crippen molar-refractivity contribution in [1.29, 1.82) is 0 Å². The minimum atomic E-state index is 0.289. The Labute approximate surface area is 94.6 Å². The first kappa shape index (κ1) is 11.4. The summed E-state index contributed by atoms with van der Waals surface area (Å²) in [7, 11) is 0. The van der Waals surface area contributed by atoms with E-state index in [0.717, 1.165) is 24.4 Å². The highest BCUT2D eigenvalue weighted by Gasteiger charge is 2.39. The quantitative estimate of drug-likeness (QED) is 0.687. The molecule has 2 saturated carbocycles. The molecule has 0 aromatic carbocycles. The van der Waals surface area contributed by atoms with Gasteiger partial charge in [-0.2, -0.15) is 0 Å². The van der Waals surface area contributed by atoms with Gasteiger partial charge in [0.1, 0.15) is 0 Å². The second-order valence-electron chi connectivity index (χ2n) is 6.78. The largest absolute Gasteiger partial charge is 0.378 e. The second kappa shape index (κ2) is 4.08. The SMILES string of the molecule is CC(OCC1CC2CCC1C2)C(C)(C)C. The van der Waals surface area contributed by atoms with Crippen molar-refractivity contribution in [2.75, 3.05) is 6.61 Å². The van der Waals surface area contributed by atoms with Gasteiger partial charge in [0.15, 0.2) is 0 Å². The summed E-state index contributed by atoms with van der Waals surface area (Å²) >= 11 is 0. The third-order valence-corrected chi connectivity index (χ3v) is 4.66. The standard InChI is InChI=1S/C14H26O/c1-10(14(2,3)4)15-9-13-8-11-5-6-12(13)7-11/h10-13H,5-9H2,1-4H3. The molecule has 0 heterocycles. The Morgan fingerprint density at radius 3 is 2.40 bits per heavy atom. The average Bonchev–Trinajstić information content (AvgIpc) is 2.73. The second-order valence-corrected chi connectivity index (χ2v) is 6.78. The van der Waals surface area contributed by atoms with Crippen molar-refractivity contribution in [3.8, 4) is 0 Å². The highest BCUT2D eigenvalue weighted by molar-refractivity contribution is 4.90. The van der Waals surface area contributed by atoms with Gasteiger partial charge in [0.2, 0.25) is 0 Å². The zero-order chi connectivity index (χ0) is 11.1. The van der Waals surface area contributed by atoms with Crippen LogP contribution < -0.4 is 0 Å². The molecular weight excluding hydrogens is 184 g/mol. The van der Waals surface area contributed by atoms with E-state index in [1.165, 1.54) is 25.7 Å². The van der Waals surface area contributed by atoms with Gasteiger partial charge in [-0.05, 0) is 49.4 Å². The Morgan fingerprint density at radius 2 is 1.93 bits per heavy atom. The Balaban J connectivity index is 1.75. The smallest absolute Gasteiger partial charge is 0.0595 e. The molecule has 2 fully saturated rings. The van der Waals surface area contributed by atoms with Gasteiger partial charge in [-0.3, -0.25) is 0 Å². The molecule has 0 amide bonds. The normalized spacial score (nSPS) is 37.2. The van der Waals surface area contributed by atoms with E-state index < -0.39 is 0 Å². The molecule has 15 heavy (non-hydrogen) atoms. The zero-order valence-electron chi connectivity index (χ0n) is 10.8. The fourth-order valence-electron chi connectivity index (χ4n) is 3.10. The summed E-state index contributed by atoms with van der Waals surface area (Å²) in [6.07, 6.45) is 6.30. The number of hydrogen-bond acceptors (Lipinski definition) is 1. The van der Waals surface area contributed by atoms with E-state index >= 15 is 0 Å². The van der Waals surface area contributed by atoms with Crippen LogP contribution in [0.4, 0.5) is 0 Å². The lowest BCUT2D eigenvalue weighted by molar-refractivity contribution is -0.0297. The van der Waals surface area contributed by atoms with Crippen LogP contribution in [0.5, 0.6) is 0 Å². The molecule has 4 unspecified atom stereocenters. The molecule has 0 N–H and O–H groups in total. The fraction of sp³-hybridized carbons (Fsp3) is 1.00. The molecular formula is C14H26O. The maximum atomic E-state index is 6.04. The predicted molar refractivity (Wildman–Crippen MR) is 63.8 cm³/mol. The first-order chi connectivity index (χ1) is 6.97. The highest BCUT2D eigenvalue weighted by Crippen LogP contribution is 2.48. The van der Waals surface area contributed by atoms with Crippen molar-refractivity contribution < 1.29 is 4.74 Å². The molecule has 0 radical (unpaired) electrons. The van der Waals surface area contributed by atoms with E-state index in [-0.39, 0.29) is 5.41 Å². The lowest BCUT2D eigenvalue weighted by Gasteiger charge is -2.30. The first-order valence-electron chi connectivity index (χ1n) is 6.58. The maximum Gasteiger partial charge on any atom is 0.0595 e. The van der Waals surface area contributed by atoms with E-state index in [1.54, 1.807) is 0 Å². The van der Waals surface area contributed by atoms with Gasteiger partial charge in [0, 0.05) is 0 Å². The topological polar surface area (TPSA) is 9.23 Å². The molecule has 0 saturated heterocycles. The number of hydrogen-bond donors (Lipinski definition) is 0. The molecule has 2 aliphatic rings. The van der Waals surface area contributed by atoms with Crippen LogP contribution in [0.25, 0.3) is 0 Å².